The van der Waals surface area contributed by atoms with Gasteiger partial charge in [-0.05, 0) is 0 Å². The Labute approximate surface area is 73.4 Å². The Morgan fingerprint density at radius 1 is 1.17 bits per heavy atom. The number of carbonyl (C=O) groups is 1. The van der Waals surface area contributed by atoms with Crippen LogP contribution in [0.25, 0.3) is 0 Å². The van der Waals surface area contributed by atoms with E-state index in [0.29, 0.717) is 19.8 Å². The number of aldehydes is 1. The van der Waals surface area contributed by atoms with E-state index in [-0.39, 0.29) is 0 Å². The molecule has 0 saturated carbocycles. The van der Waals surface area contributed by atoms with Gasteiger partial charge in [0, 0.05) is 27.3 Å². The number of ether oxygens (including phenoxy) is 2. The van der Waals surface area contributed by atoms with Crippen molar-refractivity contribution >= 4 is 6.29 Å². The third kappa shape index (κ3) is 6.27. The van der Waals surface area contributed by atoms with E-state index in [1.54, 1.807) is 14.2 Å². The summed E-state index contributed by atoms with van der Waals surface area (Å²) in [5, 5.41) is 0. The molecule has 0 aromatic rings. The first-order valence-electron chi connectivity index (χ1n) is 3.99. The van der Waals surface area contributed by atoms with Crippen LogP contribution in [-0.2, 0) is 14.3 Å². The fourth-order valence-corrected chi connectivity index (χ4v) is 0.841. The van der Waals surface area contributed by atoms with Crippen molar-refractivity contribution in [2.45, 2.75) is 0 Å². The van der Waals surface area contributed by atoms with Crippen molar-refractivity contribution in [2.75, 3.05) is 47.1 Å². The van der Waals surface area contributed by atoms with E-state index in [1.165, 1.54) is 0 Å². The topological polar surface area (TPSA) is 38.8 Å². The van der Waals surface area contributed by atoms with Gasteiger partial charge in [-0.1, -0.05) is 0 Å². The van der Waals surface area contributed by atoms with Crippen LogP contribution in [0.5, 0.6) is 0 Å². The lowest BCUT2D eigenvalue weighted by molar-refractivity contribution is -0.109. The van der Waals surface area contributed by atoms with Gasteiger partial charge in [0.15, 0.2) is 0 Å². The van der Waals surface area contributed by atoms with Gasteiger partial charge in [0.25, 0.3) is 0 Å². The van der Waals surface area contributed by atoms with Crippen molar-refractivity contribution in [1.82, 2.24) is 4.90 Å². The zero-order chi connectivity index (χ0) is 9.23. The van der Waals surface area contributed by atoms with Gasteiger partial charge in [0.1, 0.15) is 6.29 Å². The third-order valence-corrected chi connectivity index (χ3v) is 1.56. The molecule has 0 aromatic heterocycles. The standard InChI is InChI=1S/C8H17NO3/c1-11-7-4-9(3-6-10)5-8-12-2/h6H,3-5,7-8H2,1-2H3. The average molecular weight is 175 g/mol. The highest BCUT2D eigenvalue weighted by Gasteiger charge is 2.01. The molecular formula is C8H17NO3. The summed E-state index contributed by atoms with van der Waals surface area (Å²) < 4.78 is 9.80. The Hall–Kier alpha value is -0.450. The van der Waals surface area contributed by atoms with E-state index in [9.17, 15) is 4.79 Å². The second-order valence-corrected chi connectivity index (χ2v) is 2.45. The van der Waals surface area contributed by atoms with Crippen molar-refractivity contribution in [1.29, 1.82) is 0 Å². The van der Waals surface area contributed by atoms with Gasteiger partial charge in [-0.25, -0.2) is 0 Å². The molecular weight excluding hydrogens is 158 g/mol. The number of nitrogens with zero attached hydrogens (tertiary/aromatic N) is 1. The number of hydrogen-bond acceptors (Lipinski definition) is 4. The fraction of sp³-hybridized carbons (Fsp3) is 0.875. The lowest BCUT2D eigenvalue weighted by Crippen LogP contribution is -2.32. The molecule has 0 radical (unpaired) electrons. The molecule has 0 aliphatic rings. The summed E-state index contributed by atoms with van der Waals surface area (Å²) in [6.07, 6.45) is 0.894. The minimum Gasteiger partial charge on any atom is -0.383 e. The maximum Gasteiger partial charge on any atom is 0.133 e. The van der Waals surface area contributed by atoms with Gasteiger partial charge >= 0.3 is 0 Å². The molecule has 12 heavy (non-hydrogen) atoms. The van der Waals surface area contributed by atoms with Crippen LogP contribution >= 0.6 is 0 Å². The van der Waals surface area contributed by atoms with Crippen molar-refractivity contribution in [3.8, 4) is 0 Å². The normalized spacial score (nSPS) is 10.6. The Morgan fingerprint density at radius 3 is 2.00 bits per heavy atom. The molecule has 4 nitrogen and oxygen atoms in total. The predicted octanol–water partition coefficient (Wildman–Crippen LogP) is -0.220. The van der Waals surface area contributed by atoms with E-state index in [4.69, 9.17) is 9.47 Å². The summed E-state index contributed by atoms with van der Waals surface area (Å²) in [7, 11) is 3.30. The monoisotopic (exact) mass is 175 g/mol. The highest BCUT2D eigenvalue weighted by molar-refractivity contribution is 5.51. The molecule has 0 spiro atoms. The molecule has 0 amide bonds. The Kier molecular flexibility index (Phi) is 8.32. The molecule has 0 atom stereocenters. The van der Waals surface area contributed by atoms with Gasteiger partial charge in [-0.2, -0.15) is 0 Å². The van der Waals surface area contributed by atoms with E-state index >= 15 is 0 Å². The molecule has 72 valence electrons. The summed E-state index contributed by atoms with van der Waals surface area (Å²) in [5.74, 6) is 0. The lowest BCUT2D eigenvalue weighted by Gasteiger charge is -2.18. The molecule has 0 heterocycles. The molecule has 0 saturated heterocycles. The molecule has 0 aliphatic carbocycles. The van der Waals surface area contributed by atoms with E-state index in [2.05, 4.69) is 0 Å². The lowest BCUT2D eigenvalue weighted by atomic mass is 10.5. The summed E-state index contributed by atoms with van der Waals surface area (Å²) >= 11 is 0. The minimum atomic E-state index is 0.451. The third-order valence-electron chi connectivity index (χ3n) is 1.56. The summed E-state index contributed by atoms with van der Waals surface area (Å²) in [6, 6.07) is 0. The predicted molar refractivity (Wildman–Crippen MR) is 46.3 cm³/mol. The highest BCUT2D eigenvalue weighted by Crippen LogP contribution is 1.86. The highest BCUT2D eigenvalue weighted by atomic mass is 16.5. The molecule has 0 bridgehead atoms. The minimum absolute atomic E-state index is 0.451. The molecule has 0 aromatic carbocycles. The summed E-state index contributed by atoms with van der Waals surface area (Å²) in [5.41, 5.74) is 0. The molecule has 0 fully saturated rings. The van der Waals surface area contributed by atoms with Gasteiger partial charge in [0.2, 0.25) is 0 Å². The maximum absolute atomic E-state index is 10.2. The summed E-state index contributed by atoms with van der Waals surface area (Å²) in [6.45, 7) is 3.30. The van der Waals surface area contributed by atoms with Crippen molar-refractivity contribution < 1.29 is 14.3 Å². The van der Waals surface area contributed by atoms with Gasteiger partial charge in [-0.15, -0.1) is 0 Å². The molecule has 4 heteroatoms. The Morgan fingerprint density at radius 2 is 1.67 bits per heavy atom. The zero-order valence-electron chi connectivity index (χ0n) is 7.78. The van der Waals surface area contributed by atoms with Crippen LogP contribution in [0.15, 0.2) is 0 Å². The SMILES string of the molecule is COCCN(CC=O)CCOC. The summed E-state index contributed by atoms with van der Waals surface area (Å²) in [4.78, 5) is 12.2. The zero-order valence-corrected chi connectivity index (χ0v) is 7.78. The molecule has 0 N–H and O–H groups in total. The van der Waals surface area contributed by atoms with Crippen molar-refractivity contribution in [2.24, 2.45) is 0 Å². The van der Waals surface area contributed by atoms with Gasteiger partial charge in [0.05, 0.1) is 19.8 Å². The van der Waals surface area contributed by atoms with Crippen LogP contribution in [0.1, 0.15) is 0 Å². The van der Waals surface area contributed by atoms with Crippen LogP contribution in [0.2, 0.25) is 0 Å². The van der Waals surface area contributed by atoms with E-state index in [1.807, 2.05) is 4.90 Å². The first-order chi connectivity index (χ1) is 5.85. The van der Waals surface area contributed by atoms with Crippen LogP contribution in [0, 0.1) is 0 Å². The first-order valence-corrected chi connectivity index (χ1v) is 3.99. The molecule has 0 rings (SSSR count). The Balaban J connectivity index is 3.46. The fourth-order valence-electron chi connectivity index (χ4n) is 0.841. The molecule has 0 unspecified atom stereocenters. The average Bonchev–Trinajstić information content (AvgIpc) is 2.10. The van der Waals surface area contributed by atoms with Gasteiger partial charge < -0.3 is 14.3 Å². The van der Waals surface area contributed by atoms with Gasteiger partial charge in [-0.3, -0.25) is 4.90 Å². The van der Waals surface area contributed by atoms with E-state index < -0.39 is 0 Å². The largest absolute Gasteiger partial charge is 0.383 e. The van der Waals surface area contributed by atoms with Crippen LogP contribution in [0.4, 0.5) is 0 Å². The second kappa shape index (κ2) is 8.64. The van der Waals surface area contributed by atoms with Crippen molar-refractivity contribution in [3.05, 3.63) is 0 Å². The van der Waals surface area contributed by atoms with Crippen LogP contribution in [0.3, 0.4) is 0 Å². The first kappa shape index (κ1) is 11.6. The second-order valence-electron chi connectivity index (χ2n) is 2.45. The number of methoxy groups -OCH3 is 2. The quantitative estimate of drug-likeness (QED) is 0.478. The Bertz CT molecular complexity index is 100. The van der Waals surface area contributed by atoms with Crippen LogP contribution in [-0.4, -0.2) is 58.3 Å². The van der Waals surface area contributed by atoms with Crippen molar-refractivity contribution in [3.63, 3.8) is 0 Å². The van der Waals surface area contributed by atoms with E-state index in [0.717, 1.165) is 19.4 Å². The maximum atomic E-state index is 10.2. The number of carbonyl (C=O) groups excluding carboxylic acids is 1. The van der Waals surface area contributed by atoms with Crippen LogP contribution < -0.4 is 0 Å². The molecule has 0 aliphatic heterocycles. The smallest absolute Gasteiger partial charge is 0.133 e. The number of rotatable bonds is 8. The number of hydrogen-bond donors (Lipinski definition) is 0.